The molecule has 1 aromatic carbocycles. The first-order valence-electron chi connectivity index (χ1n) is 9.83. The predicted molar refractivity (Wildman–Crippen MR) is 118 cm³/mol. The molecule has 0 aliphatic carbocycles. The Kier molecular flexibility index (Phi) is 28.9. The Morgan fingerprint density at radius 2 is 1.14 bits per heavy atom. The second-order valence-electron chi connectivity index (χ2n) is 6.11. The summed E-state index contributed by atoms with van der Waals surface area (Å²) in [5.41, 5.74) is 0. The third-order valence-electron chi connectivity index (χ3n) is 3.51. The van der Waals surface area contributed by atoms with Gasteiger partial charge in [0.2, 0.25) is 0 Å². The van der Waals surface area contributed by atoms with Crippen molar-refractivity contribution >= 4 is 40.0 Å². The van der Waals surface area contributed by atoms with E-state index in [2.05, 4.69) is 6.92 Å². The Bertz CT molecular complexity index is 489. The normalized spacial score (nSPS) is 9.89. The van der Waals surface area contributed by atoms with Gasteiger partial charge in [0.25, 0.3) is 0 Å². The van der Waals surface area contributed by atoms with E-state index in [1.165, 1.54) is 64.2 Å². The van der Waals surface area contributed by atoms with E-state index in [9.17, 15) is 0 Å². The average molecular weight is 431 g/mol. The van der Waals surface area contributed by atoms with Crippen LogP contribution in [0.1, 0.15) is 78.1 Å². The molecule has 0 fully saturated rings. The number of aliphatic hydroxyl groups is 1. The number of aliphatic hydroxyl groups excluding tert-OH is 1. The van der Waals surface area contributed by atoms with Crippen molar-refractivity contribution in [2.24, 2.45) is 0 Å². The molecule has 0 saturated carbocycles. The van der Waals surface area contributed by atoms with Crippen molar-refractivity contribution in [3.63, 3.8) is 0 Å². The van der Waals surface area contributed by atoms with Crippen LogP contribution in [-0.2, 0) is 10.4 Å². The van der Waals surface area contributed by atoms with Gasteiger partial charge in [-0.25, -0.2) is 0 Å². The molecule has 8 heteroatoms. The summed E-state index contributed by atoms with van der Waals surface area (Å²) in [6.07, 6.45) is 13.7. The summed E-state index contributed by atoms with van der Waals surface area (Å²) in [5.74, 6) is 0.999. The number of benzene rings is 1. The molecule has 0 unspecified atom stereocenters. The van der Waals surface area contributed by atoms with Gasteiger partial charge in [-0.2, -0.15) is 8.42 Å². The second kappa shape index (κ2) is 24.9. The van der Waals surface area contributed by atoms with E-state index in [1.54, 1.807) is 6.92 Å². The first-order valence-corrected chi connectivity index (χ1v) is 11.2. The minimum atomic E-state index is -4.67. The summed E-state index contributed by atoms with van der Waals surface area (Å²) in [7, 11) is -4.67. The molecular weight excluding hydrogens is 391 g/mol. The van der Waals surface area contributed by atoms with Crippen molar-refractivity contribution in [2.75, 3.05) is 13.2 Å². The number of rotatable bonds is 12. The van der Waals surface area contributed by atoms with Crippen LogP contribution in [0.5, 0.6) is 5.75 Å². The molecule has 0 aliphatic heterocycles. The molecule has 0 heterocycles. The van der Waals surface area contributed by atoms with Crippen molar-refractivity contribution < 1.29 is 27.4 Å². The van der Waals surface area contributed by atoms with E-state index >= 15 is 0 Å². The summed E-state index contributed by atoms with van der Waals surface area (Å²) in [5, 5.41) is 7.57. The average Bonchev–Trinajstić information content (AvgIpc) is 2.60. The summed E-state index contributed by atoms with van der Waals surface area (Å²) in [6, 6.07) is 10.1. The van der Waals surface area contributed by atoms with Crippen molar-refractivity contribution in [2.45, 2.75) is 78.1 Å². The van der Waals surface area contributed by atoms with E-state index < -0.39 is 10.4 Å². The van der Waals surface area contributed by atoms with E-state index in [4.69, 9.17) is 27.4 Å². The Balaban J connectivity index is -0.000000591. The zero-order valence-corrected chi connectivity index (χ0v) is 17.7. The quantitative estimate of drug-likeness (QED) is 0.253. The van der Waals surface area contributed by atoms with Crippen molar-refractivity contribution in [3.05, 3.63) is 30.3 Å². The van der Waals surface area contributed by atoms with Crippen LogP contribution in [-0.4, -0.2) is 65.4 Å². The van der Waals surface area contributed by atoms with Gasteiger partial charge in [-0.3, -0.25) is 9.11 Å². The molecule has 0 atom stereocenters. The maximum absolute atomic E-state index is 8.74. The summed E-state index contributed by atoms with van der Waals surface area (Å²) in [4.78, 5) is 0. The molecule has 3 N–H and O–H groups in total. The van der Waals surface area contributed by atoms with Crippen LogP contribution in [0.25, 0.3) is 0 Å². The van der Waals surface area contributed by atoms with Crippen molar-refractivity contribution in [1.82, 2.24) is 0 Å². The van der Waals surface area contributed by atoms with Crippen LogP contribution in [0, 0.1) is 0 Å². The van der Waals surface area contributed by atoms with E-state index in [-0.39, 0.29) is 36.2 Å². The second-order valence-corrected chi connectivity index (χ2v) is 7.00. The van der Waals surface area contributed by atoms with E-state index in [0.717, 1.165) is 12.4 Å². The first kappa shape index (κ1) is 32.5. The van der Waals surface area contributed by atoms with E-state index in [1.807, 2.05) is 30.3 Å². The maximum atomic E-state index is 8.74. The molecule has 1 rings (SSSR count). The molecule has 0 spiro atoms. The van der Waals surface area contributed by atoms with Crippen LogP contribution in [0.3, 0.4) is 0 Å². The van der Waals surface area contributed by atoms with Crippen molar-refractivity contribution in [1.29, 1.82) is 0 Å². The standard InChI is InChI=1S/C18H30O.C2H6O.Na.H2O4S.H/c1-2-3-4-5-6-7-8-9-10-14-17-19-18-15-12-11-13-16-18;1-2-3;;1-5(2,3)4;/h11-13,15-16H,2-10,14,17H2,1H3;3H,2H2,1H3;;(H2,1,2,3,4);. The molecule has 0 aliphatic rings. The van der Waals surface area contributed by atoms with Gasteiger partial charge in [-0.15, -0.1) is 0 Å². The number of para-hydroxylation sites is 1. The Hall–Kier alpha value is -0.150. The van der Waals surface area contributed by atoms with Gasteiger partial charge >= 0.3 is 40.0 Å². The fourth-order valence-electron chi connectivity index (χ4n) is 2.30. The predicted octanol–water partition coefficient (Wildman–Crippen LogP) is 4.68. The molecule has 0 radical (unpaired) electrons. The number of hydrogen-bond donors (Lipinski definition) is 3. The molecule has 28 heavy (non-hydrogen) atoms. The zero-order chi connectivity index (χ0) is 20.8. The summed E-state index contributed by atoms with van der Waals surface area (Å²) < 4.78 is 37.3. The van der Waals surface area contributed by atoms with E-state index in [0.29, 0.717) is 0 Å². The molecule has 162 valence electrons. The van der Waals surface area contributed by atoms with Crippen LogP contribution < -0.4 is 4.74 Å². The van der Waals surface area contributed by atoms with Gasteiger partial charge < -0.3 is 9.84 Å². The molecule has 0 aromatic heterocycles. The fraction of sp³-hybridized carbons (Fsp3) is 0.700. The SMILES string of the molecule is CCCCCCCCCCCCOc1ccccc1.CCO.O=S(=O)(O)O.[NaH]. The molecule has 0 saturated heterocycles. The molecule has 6 nitrogen and oxygen atoms in total. The van der Waals surface area contributed by atoms with Gasteiger partial charge in [-0.05, 0) is 25.5 Å². The number of hydrogen-bond acceptors (Lipinski definition) is 4. The topological polar surface area (TPSA) is 104 Å². The summed E-state index contributed by atoms with van der Waals surface area (Å²) >= 11 is 0. The molecule has 0 bridgehead atoms. The van der Waals surface area contributed by atoms with Gasteiger partial charge in [0.1, 0.15) is 5.75 Å². The fourth-order valence-corrected chi connectivity index (χ4v) is 2.30. The third-order valence-corrected chi connectivity index (χ3v) is 3.51. The van der Waals surface area contributed by atoms with Gasteiger partial charge in [-0.1, -0.05) is 82.9 Å². The molecular formula is C20H39NaO6S. The van der Waals surface area contributed by atoms with Crippen LogP contribution in [0.4, 0.5) is 0 Å². The van der Waals surface area contributed by atoms with Gasteiger partial charge in [0, 0.05) is 6.61 Å². The van der Waals surface area contributed by atoms with Crippen LogP contribution in [0.2, 0.25) is 0 Å². The van der Waals surface area contributed by atoms with Gasteiger partial charge in [0.05, 0.1) is 6.61 Å². The summed E-state index contributed by atoms with van der Waals surface area (Å²) in [6.45, 7) is 5.07. The Morgan fingerprint density at radius 1 is 0.786 bits per heavy atom. The number of unbranched alkanes of at least 4 members (excludes halogenated alkanes) is 9. The third kappa shape index (κ3) is 36.7. The number of ether oxygens (including phenoxy) is 1. The zero-order valence-electron chi connectivity index (χ0n) is 16.8. The molecule has 0 amide bonds. The van der Waals surface area contributed by atoms with Gasteiger partial charge in [0.15, 0.2) is 0 Å². The van der Waals surface area contributed by atoms with Crippen molar-refractivity contribution in [3.8, 4) is 5.75 Å². The first-order chi connectivity index (χ1) is 12.8. The van der Waals surface area contributed by atoms with Crippen LogP contribution in [0.15, 0.2) is 30.3 Å². The minimum absolute atomic E-state index is 0. The van der Waals surface area contributed by atoms with Crippen LogP contribution >= 0.6 is 0 Å². The Morgan fingerprint density at radius 3 is 1.54 bits per heavy atom. The Labute approximate surface area is 194 Å². The molecule has 1 aromatic rings. The monoisotopic (exact) mass is 430 g/mol.